The summed E-state index contributed by atoms with van der Waals surface area (Å²) in [4.78, 5) is 0. The Hall–Kier alpha value is -2.29. The molecule has 2 unspecified atom stereocenters. The largest absolute Gasteiger partial charge is 0.432 e. The number of rotatable bonds is 6. The van der Waals surface area contributed by atoms with Crippen LogP contribution in [0.25, 0.3) is 0 Å². The van der Waals surface area contributed by atoms with Gasteiger partial charge in [-0.1, -0.05) is 13.3 Å². The molecule has 0 aromatic heterocycles. The van der Waals surface area contributed by atoms with Crippen LogP contribution in [-0.2, 0) is 10.8 Å². The Morgan fingerprint density at radius 2 is 1.61 bits per heavy atom. The second-order valence-electron chi connectivity index (χ2n) is 7.64. The highest BCUT2D eigenvalue weighted by atomic mass is 19.3. The molecular formula is C22H21F7O2. The zero-order valence-electron chi connectivity index (χ0n) is 16.9. The van der Waals surface area contributed by atoms with Crippen LogP contribution in [0.4, 0.5) is 30.7 Å². The van der Waals surface area contributed by atoms with Gasteiger partial charge in [0.25, 0.3) is 0 Å². The molecule has 1 heterocycles. The third kappa shape index (κ3) is 4.81. The molecule has 0 saturated carbocycles. The van der Waals surface area contributed by atoms with Crippen LogP contribution in [0, 0.1) is 41.9 Å². The normalized spacial score (nSPS) is 19.5. The Balaban J connectivity index is 1.86. The van der Waals surface area contributed by atoms with Gasteiger partial charge in [-0.2, -0.15) is 8.78 Å². The first-order chi connectivity index (χ1) is 14.5. The van der Waals surface area contributed by atoms with Crippen molar-refractivity contribution in [3.63, 3.8) is 0 Å². The van der Waals surface area contributed by atoms with E-state index in [0.717, 1.165) is 38.3 Å². The molecule has 2 aromatic rings. The minimum absolute atomic E-state index is 0.0690. The van der Waals surface area contributed by atoms with Gasteiger partial charge in [-0.25, -0.2) is 22.0 Å². The van der Waals surface area contributed by atoms with E-state index in [2.05, 4.69) is 4.74 Å². The van der Waals surface area contributed by atoms with E-state index < -0.39 is 58.2 Å². The van der Waals surface area contributed by atoms with Gasteiger partial charge in [-0.05, 0) is 49.8 Å². The number of ether oxygens (including phenoxy) is 2. The van der Waals surface area contributed by atoms with Crippen molar-refractivity contribution in [1.29, 1.82) is 0 Å². The average Bonchev–Trinajstić information content (AvgIpc) is 2.70. The zero-order chi connectivity index (χ0) is 22.9. The number of halogens is 7. The third-order valence-electron chi connectivity index (χ3n) is 5.39. The van der Waals surface area contributed by atoms with Crippen molar-refractivity contribution in [2.45, 2.75) is 51.7 Å². The lowest BCUT2D eigenvalue weighted by Crippen LogP contribution is -2.27. The molecule has 2 atom stereocenters. The number of hydrogen-bond donors (Lipinski definition) is 0. The molecule has 3 rings (SSSR count). The van der Waals surface area contributed by atoms with Crippen LogP contribution in [0.5, 0.6) is 5.75 Å². The Morgan fingerprint density at radius 1 is 0.968 bits per heavy atom. The van der Waals surface area contributed by atoms with Gasteiger partial charge < -0.3 is 9.47 Å². The molecule has 1 aliphatic heterocycles. The molecule has 9 heteroatoms. The molecule has 1 saturated heterocycles. The summed E-state index contributed by atoms with van der Waals surface area (Å²) in [6.45, 7) is 3.31. The highest BCUT2D eigenvalue weighted by molar-refractivity contribution is 5.37. The maximum Gasteiger partial charge on any atom is 0.432 e. The highest BCUT2D eigenvalue weighted by Gasteiger charge is 2.42. The van der Waals surface area contributed by atoms with Crippen LogP contribution >= 0.6 is 0 Å². The molecule has 0 spiro atoms. The van der Waals surface area contributed by atoms with E-state index in [4.69, 9.17) is 4.74 Å². The van der Waals surface area contributed by atoms with Crippen molar-refractivity contribution >= 4 is 0 Å². The van der Waals surface area contributed by atoms with E-state index in [-0.39, 0.29) is 11.6 Å². The molecule has 2 aromatic carbocycles. The molecule has 0 amide bonds. The van der Waals surface area contributed by atoms with E-state index >= 15 is 0 Å². The number of benzene rings is 2. The van der Waals surface area contributed by atoms with Crippen molar-refractivity contribution in [3.8, 4) is 5.75 Å². The van der Waals surface area contributed by atoms with E-state index in [0.29, 0.717) is 18.9 Å². The summed E-state index contributed by atoms with van der Waals surface area (Å²) in [6, 6.07) is 1.66. The summed E-state index contributed by atoms with van der Waals surface area (Å²) in [7, 11) is 0. The second-order valence-corrected chi connectivity index (χ2v) is 7.64. The first kappa shape index (κ1) is 23.4. The molecule has 170 valence electrons. The molecule has 0 N–H and O–H groups in total. The quantitative estimate of drug-likeness (QED) is 0.346. The molecule has 1 aliphatic rings. The smallest absolute Gasteiger partial charge is 0.428 e. The lowest BCUT2D eigenvalue weighted by molar-refractivity contribution is -0.190. The highest BCUT2D eigenvalue weighted by Crippen LogP contribution is 2.40. The predicted molar refractivity (Wildman–Crippen MR) is 98.3 cm³/mol. The fourth-order valence-electron chi connectivity index (χ4n) is 3.72. The Morgan fingerprint density at radius 3 is 2.16 bits per heavy atom. The number of alkyl halides is 2. The first-order valence-corrected chi connectivity index (χ1v) is 9.87. The minimum atomic E-state index is -4.62. The average molecular weight is 450 g/mol. The molecule has 31 heavy (non-hydrogen) atoms. The molecule has 1 fully saturated rings. The van der Waals surface area contributed by atoms with Crippen molar-refractivity contribution in [3.05, 3.63) is 64.0 Å². The molecule has 0 radical (unpaired) electrons. The van der Waals surface area contributed by atoms with E-state index in [9.17, 15) is 30.7 Å². The van der Waals surface area contributed by atoms with Crippen LogP contribution in [0.1, 0.15) is 55.4 Å². The van der Waals surface area contributed by atoms with Crippen LogP contribution in [0.15, 0.2) is 18.2 Å². The Bertz CT molecular complexity index is 930. The summed E-state index contributed by atoms with van der Waals surface area (Å²) in [5.74, 6) is -9.32. The summed E-state index contributed by atoms with van der Waals surface area (Å²) in [5, 5.41) is 0. The Kier molecular flexibility index (Phi) is 6.83. The maximum atomic E-state index is 14.5. The van der Waals surface area contributed by atoms with Crippen LogP contribution in [0.2, 0.25) is 0 Å². The molecular weight excluding hydrogens is 429 g/mol. The van der Waals surface area contributed by atoms with Gasteiger partial charge in [0, 0.05) is 11.6 Å². The van der Waals surface area contributed by atoms with Crippen molar-refractivity contribution in [1.82, 2.24) is 0 Å². The van der Waals surface area contributed by atoms with Gasteiger partial charge in [-0.15, -0.1) is 0 Å². The van der Waals surface area contributed by atoms with Crippen LogP contribution in [-0.4, -0.2) is 6.61 Å². The SMILES string of the molecule is CCCC1CCC(c2cc(F)c(C(F)(F)Oc3cc(F)c(F)c(F)c3C)c(F)c2)OC1. The topological polar surface area (TPSA) is 18.5 Å². The van der Waals surface area contributed by atoms with Gasteiger partial charge in [0.1, 0.15) is 22.9 Å². The minimum Gasteiger partial charge on any atom is -0.428 e. The standard InChI is InChI=1S/C22H21F7O2/c1-3-4-12-5-6-17(30-10-12)13-7-14(23)19(15(24)8-13)22(28,29)31-18-9-16(25)21(27)20(26)11(18)2/h7-9,12,17H,3-6,10H2,1-2H3. The first-order valence-electron chi connectivity index (χ1n) is 9.87. The summed E-state index contributed by atoms with van der Waals surface area (Å²) in [6.07, 6.45) is -2.04. The molecule has 2 nitrogen and oxygen atoms in total. The summed E-state index contributed by atoms with van der Waals surface area (Å²) < 4.78 is 108. The fraction of sp³-hybridized carbons (Fsp3) is 0.455. The zero-order valence-corrected chi connectivity index (χ0v) is 16.9. The van der Waals surface area contributed by atoms with Crippen molar-refractivity contribution in [2.24, 2.45) is 5.92 Å². The molecule has 0 bridgehead atoms. The summed E-state index contributed by atoms with van der Waals surface area (Å²) >= 11 is 0. The number of hydrogen-bond acceptors (Lipinski definition) is 2. The second kappa shape index (κ2) is 9.06. The van der Waals surface area contributed by atoms with Crippen molar-refractivity contribution in [2.75, 3.05) is 6.61 Å². The fourth-order valence-corrected chi connectivity index (χ4v) is 3.72. The van der Waals surface area contributed by atoms with Crippen molar-refractivity contribution < 1.29 is 40.2 Å². The van der Waals surface area contributed by atoms with Gasteiger partial charge in [-0.3, -0.25) is 0 Å². The van der Waals surface area contributed by atoms with Gasteiger partial charge in [0.15, 0.2) is 17.5 Å². The maximum absolute atomic E-state index is 14.5. The lowest BCUT2D eigenvalue weighted by Gasteiger charge is -2.29. The van der Waals surface area contributed by atoms with E-state index in [1.807, 2.05) is 6.92 Å². The third-order valence-corrected chi connectivity index (χ3v) is 5.39. The monoisotopic (exact) mass is 450 g/mol. The summed E-state index contributed by atoms with van der Waals surface area (Å²) in [5.41, 5.74) is -2.42. The molecule has 0 aliphatic carbocycles. The van der Waals surface area contributed by atoms with E-state index in [1.54, 1.807) is 0 Å². The van der Waals surface area contributed by atoms with Gasteiger partial charge >= 0.3 is 6.11 Å². The van der Waals surface area contributed by atoms with Crippen LogP contribution < -0.4 is 4.74 Å². The Labute approximate surface area is 175 Å². The van der Waals surface area contributed by atoms with E-state index in [1.165, 1.54) is 0 Å². The van der Waals surface area contributed by atoms with Crippen LogP contribution in [0.3, 0.4) is 0 Å². The lowest BCUT2D eigenvalue weighted by atomic mass is 9.91. The van der Waals surface area contributed by atoms with Gasteiger partial charge in [0.05, 0.1) is 12.7 Å². The predicted octanol–water partition coefficient (Wildman–Crippen LogP) is 7.09. The van der Waals surface area contributed by atoms with Gasteiger partial charge in [0.2, 0.25) is 0 Å².